The van der Waals surface area contributed by atoms with E-state index in [9.17, 15) is 5.11 Å². The molecule has 1 aliphatic rings. The maximum absolute atomic E-state index is 10.4. The van der Waals surface area contributed by atoms with Crippen LogP contribution in [0, 0.1) is 0 Å². The van der Waals surface area contributed by atoms with Crippen LogP contribution < -0.4 is 15.5 Å². The number of hydrogen-bond donors (Lipinski definition) is 3. The summed E-state index contributed by atoms with van der Waals surface area (Å²) in [7, 11) is 0. The van der Waals surface area contributed by atoms with Crippen molar-refractivity contribution in [2.75, 3.05) is 29.9 Å². The molecule has 3 N–H and O–H groups in total. The second-order valence-electron chi connectivity index (χ2n) is 6.84. The largest absolute Gasteiger partial charge is 0.506 e. The Balaban J connectivity index is 1.45. The number of rotatable bonds is 5. The highest BCUT2D eigenvalue weighted by Gasteiger charge is 2.18. The Morgan fingerprint density at radius 2 is 2.14 bits per heavy atom. The smallest absolute Gasteiger partial charge is 0.151 e. The zero-order valence-corrected chi connectivity index (χ0v) is 15.7. The molecule has 1 saturated heterocycles. The Morgan fingerprint density at radius 3 is 2.86 bits per heavy atom. The predicted octanol–water partition coefficient (Wildman–Crippen LogP) is 2.05. The van der Waals surface area contributed by atoms with Crippen LogP contribution in [0.25, 0.3) is 11.4 Å². The molecule has 1 atom stereocenters. The Labute approximate surface area is 163 Å². The van der Waals surface area contributed by atoms with Crippen molar-refractivity contribution < 1.29 is 5.11 Å². The molecule has 8 heteroatoms. The van der Waals surface area contributed by atoms with E-state index in [4.69, 9.17) is 0 Å². The summed E-state index contributed by atoms with van der Waals surface area (Å²) in [6.07, 6.45) is 3.42. The number of aromatic hydroxyl groups is 1. The van der Waals surface area contributed by atoms with Gasteiger partial charge in [-0.25, -0.2) is 4.98 Å². The Bertz CT molecular complexity index is 918. The van der Waals surface area contributed by atoms with Gasteiger partial charge in [0.05, 0.1) is 24.1 Å². The lowest BCUT2D eigenvalue weighted by molar-refractivity contribution is 0.474. The van der Waals surface area contributed by atoms with Gasteiger partial charge in [0.1, 0.15) is 17.1 Å². The summed E-state index contributed by atoms with van der Waals surface area (Å²) in [4.78, 5) is 10.8. The minimum absolute atomic E-state index is 0.0591. The van der Waals surface area contributed by atoms with Crippen LogP contribution in [0.3, 0.4) is 0 Å². The lowest BCUT2D eigenvalue weighted by Crippen LogP contribution is -2.49. The maximum Gasteiger partial charge on any atom is 0.151 e. The summed E-state index contributed by atoms with van der Waals surface area (Å²) in [6.45, 7) is 5.44. The lowest BCUT2D eigenvalue weighted by Gasteiger charge is -2.32. The van der Waals surface area contributed by atoms with E-state index in [1.165, 1.54) is 0 Å². The van der Waals surface area contributed by atoms with Gasteiger partial charge in [0.15, 0.2) is 5.82 Å². The molecule has 28 heavy (non-hydrogen) atoms. The van der Waals surface area contributed by atoms with Crippen LogP contribution in [-0.4, -0.2) is 50.9 Å². The third-order valence-corrected chi connectivity index (χ3v) is 4.65. The van der Waals surface area contributed by atoms with Gasteiger partial charge >= 0.3 is 0 Å². The van der Waals surface area contributed by atoms with E-state index < -0.39 is 0 Å². The summed E-state index contributed by atoms with van der Waals surface area (Å²) in [5, 5.41) is 25.6. The molecule has 144 valence electrons. The standard InChI is InChI=1S/C20H23N7O/c1-14-13-27(9-8-21-14)19-6-5-17(25-26-19)20-18(28)10-16(12-24-20)23-11-15-4-2-3-7-22-15/h2-7,10,12,14,21,23,28H,8-9,11,13H2,1H3. The average Bonchev–Trinajstić information content (AvgIpc) is 2.73. The third kappa shape index (κ3) is 4.17. The molecule has 0 amide bonds. The highest BCUT2D eigenvalue weighted by Crippen LogP contribution is 2.28. The molecule has 4 rings (SSSR count). The molecule has 0 spiro atoms. The molecular weight excluding hydrogens is 354 g/mol. The van der Waals surface area contributed by atoms with E-state index in [0.717, 1.165) is 31.1 Å². The minimum Gasteiger partial charge on any atom is -0.506 e. The van der Waals surface area contributed by atoms with Crippen molar-refractivity contribution in [1.29, 1.82) is 0 Å². The van der Waals surface area contributed by atoms with E-state index in [1.807, 2.05) is 30.3 Å². The van der Waals surface area contributed by atoms with Gasteiger partial charge in [-0.05, 0) is 31.2 Å². The highest BCUT2D eigenvalue weighted by molar-refractivity contribution is 5.65. The molecule has 8 nitrogen and oxygen atoms in total. The van der Waals surface area contributed by atoms with Crippen LogP contribution >= 0.6 is 0 Å². The van der Waals surface area contributed by atoms with Gasteiger partial charge in [-0.1, -0.05) is 6.07 Å². The number of piperazine rings is 1. The average molecular weight is 377 g/mol. The van der Waals surface area contributed by atoms with E-state index in [-0.39, 0.29) is 5.75 Å². The molecule has 0 bridgehead atoms. The fourth-order valence-electron chi connectivity index (χ4n) is 3.20. The molecule has 0 aromatic carbocycles. The van der Waals surface area contributed by atoms with Crippen molar-refractivity contribution >= 4 is 11.5 Å². The molecule has 1 fully saturated rings. The van der Waals surface area contributed by atoms with Crippen LogP contribution in [0.4, 0.5) is 11.5 Å². The second kappa shape index (κ2) is 8.18. The van der Waals surface area contributed by atoms with Crippen LogP contribution in [-0.2, 0) is 6.54 Å². The van der Waals surface area contributed by atoms with Gasteiger partial charge in [-0.3, -0.25) is 4.98 Å². The second-order valence-corrected chi connectivity index (χ2v) is 6.84. The summed E-state index contributed by atoms with van der Waals surface area (Å²) < 4.78 is 0. The first-order valence-corrected chi connectivity index (χ1v) is 9.34. The molecular formula is C20H23N7O. The summed E-state index contributed by atoms with van der Waals surface area (Å²) >= 11 is 0. The van der Waals surface area contributed by atoms with Crippen molar-refractivity contribution in [2.24, 2.45) is 0 Å². The first-order chi connectivity index (χ1) is 13.7. The van der Waals surface area contributed by atoms with Crippen LogP contribution in [0.5, 0.6) is 5.75 Å². The molecule has 1 unspecified atom stereocenters. The molecule has 0 aliphatic carbocycles. The van der Waals surface area contributed by atoms with E-state index in [2.05, 4.69) is 42.6 Å². The summed E-state index contributed by atoms with van der Waals surface area (Å²) in [5.41, 5.74) is 2.58. The van der Waals surface area contributed by atoms with Crippen LogP contribution in [0.15, 0.2) is 48.8 Å². The number of anilines is 2. The zero-order chi connectivity index (χ0) is 19.3. The van der Waals surface area contributed by atoms with Gasteiger partial charge in [0.25, 0.3) is 0 Å². The summed E-state index contributed by atoms with van der Waals surface area (Å²) in [6, 6.07) is 11.6. The minimum atomic E-state index is 0.0591. The van der Waals surface area contributed by atoms with Crippen LogP contribution in [0.1, 0.15) is 12.6 Å². The van der Waals surface area contributed by atoms with Crippen molar-refractivity contribution in [3.05, 3.63) is 54.5 Å². The normalized spacial score (nSPS) is 16.8. The Morgan fingerprint density at radius 1 is 1.21 bits per heavy atom. The molecule has 4 heterocycles. The molecule has 0 saturated carbocycles. The third-order valence-electron chi connectivity index (χ3n) is 4.65. The highest BCUT2D eigenvalue weighted by atomic mass is 16.3. The van der Waals surface area contributed by atoms with Crippen molar-refractivity contribution in [3.63, 3.8) is 0 Å². The van der Waals surface area contributed by atoms with E-state index in [0.29, 0.717) is 29.7 Å². The number of nitrogens with one attached hydrogen (secondary N) is 2. The molecule has 3 aromatic heterocycles. The van der Waals surface area contributed by atoms with Gasteiger partial charge in [0.2, 0.25) is 0 Å². The fourth-order valence-corrected chi connectivity index (χ4v) is 3.20. The number of nitrogens with zero attached hydrogens (tertiary/aromatic N) is 5. The van der Waals surface area contributed by atoms with Gasteiger partial charge < -0.3 is 20.6 Å². The number of aromatic nitrogens is 4. The molecule has 1 aliphatic heterocycles. The lowest BCUT2D eigenvalue weighted by atomic mass is 10.2. The van der Waals surface area contributed by atoms with Gasteiger partial charge in [-0.2, -0.15) is 0 Å². The Kier molecular flexibility index (Phi) is 5.29. The number of pyridine rings is 2. The first kappa shape index (κ1) is 18.1. The Hall–Kier alpha value is -3.26. The monoisotopic (exact) mass is 377 g/mol. The van der Waals surface area contributed by atoms with Gasteiger partial charge in [-0.15, -0.1) is 10.2 Å². The van der Waals surface area contributed by atoms with E-state index >= 15 is 0 Å². The molecule has 3 aromatic rings. The van der Waals surface area contributed by atoms with Crippen molar-refractivity contribution in [1.82, 2.24) is 25.5 Å². The van der Waals surface area contributed by atoms with Gasteiger partial charge in [0, 0.05) is 37.9 Å². The fraction of sp³-hybridized carbons (Fsp3) is 0.300. The number of hydrogen-bond acceptors (Lipinski definition) is 8. The maximum atomic E-state index is 10.4. The quantitative estimate of drug-likeness (QED) is 0.621. The topological polar surface area (TPSA) is 99.1 Å². The summed E-state index contributed by atoms with van der Waals surface area (Å²) in [5.74, 6) is 0.897. The SMILES string of the molecule is CC1CN(c2ccc(-c3ncc(NCc4ccccn4)cc3O)nn2)CCN1. The van der Waals surface area contributed by atoms with Crippen LogP contribution in [0.2, 0.25) is 0 Å². The predicted molar refractivity (Wildman–Crippen MR) is 108 cm³/mol. The van der Waals surface area contributed by atoms with E-state index in [1.54, 1.807) is 18.5 Å². The van der Waals surface area contributed by atoms with Crippen molar-refractivity contribution in [3.8, 4) is 17.1 Å². The molecule has 0 radical (unpaired) electrons. The first-order valence-electron chi connectivity index (χ1n) is 9.34. The van der Waals surface area contributed by atoms with Crippen molar-refractivity contribution in [2.45, 2.75) is 19.5 Å². The zero-order valence-electron chi connectivity index (χ0n) is 15.7.